The van der Waals surface area contributed by atoms with E-state index in [0.29, 0.717) is 35.4 Å². The van der Waals surface area contributed by atoms with Gasteiger partial charge >= 0.3 is 0 Å². The lowest BCUT2D eigenvalue weighted by Crippen LogP contribution is -2.16. The van der Waals surface area contributed by atoms with Gasteiger partial charge in [0, 0.05) is 11.8 Å². The number of thiazole rings is 1. The minimum atomic E-state index is -0.224. The van der Waals surface area contributed by atoms with E-state index >= 15 is 0 Å². The molecule has 1 aromatic heterocycles. The minimum Gasteiger partial charge on any atom is -0.486 e. The summed E-state index contributed by atoms with van der Waals surface area (Å²) >= 11 is 1.37. The van der Waals surface area contributed by atoms with E-state index in [1.54, 1.807) is 18.2 Å². The first kappa shape index (κ1) is 13.1. The molecule has 1 aliphatic heterocycles. The molecule has 1 amide bonds. The smallest absolute Gasteiger partial charge is 0.284 e. The largest absolute Gasteiger partial charge is 0.486 e. The molecule has 3 aromatic rings. The molecule has 110 valence electrons. The van der Waals surface area contributed by atoms with E-state index in [4.69, 9.17) is 9.47 Å². The third kappa shape index (κ3) is 2.37. The average molecular weight is 312 g/mol. The maximum Gasteiger partial charge on any atom is 0.284 e. The van der Waals surface area contributed by atoms with Crippen molar-refractivity contribution in [2.45, 2.75) is 0 Å². The second-order valence-electron chi connectivity index (χ2n) is 4.80. The van der Waals surface area contributed by atoms with Crippen LogP contribution in [-0.4, -0.2) is 24.1 Å². The van der Waals surface area contributed by atoms with Gasteiger partial charge in [0.1, 0.15) is 13.2 Å². The van der Waals surface area contributed by atoms with Gasteiger partial charge in [-0.1, -0.05) is 12.1 Å². The standard InChI is InChI=1S/C16H12N2O3S/c19-15(16-18-11-3-1-2-4-14(11)22-16)17-10-5-6-12-13(9-10)21-8-7-20-12/h1-6,9H,7-8H2,(H,17,19). The Morgan fingerprint density at radius 1 is 1.09 bits per heavy atom. The van der Waals surface area contributed by atoms with Gasteiger partial charge in [-0.3, -0.25) is 4.79 Å². The number of amides is 1. The van der Waals surface area contributed by atoms with Crippen molar-refractivity contribution in [1.29, 1.82) is 0 Å². The molecule has 0 atom stereocenters. The molecule has 4 rings (SSSR count). The van der Waals surface area contributed by atoms with Crippen LogP contribution in [-0.2, 0) is 0 Å². The minimum absolute atomic E-state index is 0.224. The predicted octanol–water partition coefficient (Wildman–Crippen LogP) is 3.32. The first-order chi connectivity index (χ1) is 10.8. The predicted molar refractivity (Wildman–Crippen MR) is 85.0 cm³/mol. The van der Waals surface area contributed by atoms with Gasteiger partial charge in [0.05, 0.1) is 10.2 Å². The van der Waals surface area contributed by atoms with Gasteiger partial charge in [0.15, 0.2) is 16.5 Å². The fourth-order valence-electron chi connectivity index (χ4n) is 2.28. The highest BCUT2D eigenvalue weighted by Crippen LogP contribution is 2.33. The van der Waals surface area contributed by atoms with Crippen LogP contribution in [0.3, 0.4) is 0 Å². The highest BCUT2D eigenvalue weighted by molar-refractivity contribution is 7.20. The lowest BCUT2D eigenvalue weighted by Gasteiger charge is -2.18. The van der Waals surface area contributed by atoms with Crippen molar-refractivity contribution in [2.24, 2.45) is 0 Å². The average Bonchev–Trinajstić information content (AvgIpc) is 2.99. The maximum absolute atomic E-state index is 12.3. The summed E-state index contributed by atoms with van der Waals surface area (Å²) in [5.41, 5.74) is 1.49. The van der Waals surface area contributed by atoms with Crippen LogP contribution in [0.15, 0.2) is 42.5 Å². The van der Waals surface area contributed by atoms with Crippen molar-refractivity contribution < 1.29 is 14.3 Å². The number of nitrogens with one attached hydrogen (secondary N) is 1. The van der Waals surface area contributed by atoms with Crippen LogP contribution in [0.1, 0.15) is 9.80 Å². The maximum atomic E-state index is 12.3. The molecular weight excluding hydrogens is 300 g/mol. The zero-order valence-corrected chi connectivity index (χ0v) is 12.4. The number of ether oxygens (including phenoxy) is 2. The second kappa shape index (κ2) is 5.31. The number of benzene rings is 2. The third-order valence-corrected chi connectivity index (χ3v) is 4.32. The SMILES string of the molecule is O=C(Nc1ccc2c(c1)OCCO2)c1nc2ccccc2s1. The molecule has 0 bridgehead atoms. The van der Waals surface area contributed by atoms with Crippen LogP contribution in [0.25, 0.3) is 10.2 Å². The molecule has 1 N–H and O–H groups in total. The summed E-state index contributed by atoms with van der Waals surface area (Å²) in [4.78, 5) is 16.7. The van der Waals surface area contributed by atoms with E-state index in [1.807, 2.05) is 24.3 Å². The Labute approximate surface area is 130 Å². The van der Waals surface area contributed by atoms with Crippen LogP contribution in [0.4, 0.5) is 5.69 Å². The van der Waals surface area contributed by atoms with Crippen LogP contribution in [0, 0.1) is 0 Å². The Hall–Kier alpha value is -2.60. The summed E-state index contributed by atoms with van der Waals surface area (Å²) < 4.78 is 12.0. The molecule has 0 aliphatic carbocycles. The molecule has 2 heterocycles. The first-order valence-corrected chi connectivity index (χ1v) is 7.68. The number of para-hydroxylation sites is 1. The number of rotatable bonds is 2. The number of hydrogen-bond donors (Lipinski definition) is 1. The van der Waals surface area contributed by atoms with E-state index in [1.165, 1.54) is 11.3 Å². The molecule has 0 saturated carbocycles. The number of carbonyl (C=O) groups excluding carboxylic acids is 1. The Kier molecular flexibility index (Phi) is 3.16. The quantitative estimate of drug-likeness (QED) is 0.788. The highest BCUT2D eigenvalue weighted by atomic mass is 32.1. The summed E-state index contributed by atoms with van der Waals surface area (Å²) in [6, 6.07) is 13.0. The normalized spacial score (nSPS) is 13.1. The van der Waals surface area contributed by atoms with Crippen molar-refractivity contribution >= 4 is 33.1 Å². The third-order valence-electron chi connectivity index (χ3n) is 3.29. The van der Waals surface area contributed by atoms with Crippen molar-refractivity contribution in [2.75, 3.05) is 18.5 Å². The van der Waals surface area contributed by atoms with Crippen LogP contribution >= 0.6 is 11.3 Å². The Bertz CT molecular complexity index is 826. The molecule has 5 nitrogen and oxygen atoms in total. The first-order valence-electron chi connectivity index (χ1n) is 6.86. The molecule has 0 radical (unpaired) electrons. The number of anilines is 1. The summed E-state index contributed by atoms with van der Waals surface area (Å²) in [7, 11) is 0. The topological polar surface area (TPSA) is 60.5 Å². The Morgan fingerprint density at radius 3 is 2.77 bits per heavy atom. The molecule has 0 spiro atoms. The zero-order chi connectivity index (χ0) is 14.9. The van der Waals surface area contributed by atoms with Crippen molar-refractivity contribution in [3.05, 3.63) is 47.5 Å². The summed E-state index contributed by atoms with van der Waals surface area (Å²) in [6.07, 6.45) is 0. The molecule has 22 heavy (non-hydrogen) atoms. The van der Waals surface area contributed by atoms with Crippen molar-refractivity contribution in [1.82, 2.24) is 4.98 Å². The lowest BCUT2D eigenvalue weighted by atomic mass is 10.2. The molecule has 6 heteroatoms. The van der Waals surface area contributed by atoms with Gasteiger partial charge in [-0.25, -0.2) is 4.98 Å². The number of aromatic nitrogens is 1. The van der Waals surface area contributed by atoms with Crippen molar-refractivity contribution in [3.8, 4) is 11.5 Å². The van der Waals surface area contributed by atoms with Gasteiger partial charge in [0.2, 0.25) is 0 Å². The van der Waals surface area contributed by atoms with E-state index in [0.717, 1.165) is 10.2 Å². The fraction of sp³-hybridized carbons (Fsp3) is 0.125. The number of fused-ring (bicyclic) bond motifs is 2. The monoisotopic (exact) mass is 312 g/mol. The Morgan fingerprint density at radius 2 is 1.91 bits per heavy atom. The number of hydrogen-bond acceptors (Lipinski definition) is 5. The fourth-order valence-corrected chi connectivity index (χ4v) is 3.14. The van der Waals surface area contributed by atoms with Crippen LogP contribution < -0.4 is 14.8 Å². The van der Waals surface area contributed by atoms with Crippen LogP contribution in [0.2, 0.25) is 0 Å². The summed E-state index contributed by atoms with van der Waals surface area (Å²) in [5, 5.41) is 3.28. The van der Waals surface area contributed by atoms with E-state index in [-0.39, 0.29) is 5.91 Å². The summed E-state index contributed by atoms with van der Waals surface area (Å²) in [6.45, 7) is 1.06. The highest BCUT2D eigenvalue weighted by Gasteiger charge is 2.15. The van der Waals surface area contributed by atoms with Crippen molar-refractivity contribution in [3.63, 3.8) is 0 Å². The molecule has 1 aliphatic rings. The molecule has 0 saturated heterocycles. The van der Waals surface area contributed by atoms with Gasteiger partial charge in [-0.2, -0.15) is 0 Å². The van der Waals surface area contributed by atoms with Crippen LogP contribution in [0.5, 0.6) is 11.5 Å². The van der Waals surface area contributed by atoms with E-state index in [2.05, 4.69) is 10.3 Å². The molecule has 2 aromatic carbocycles. The van der Waals surface area contributed by atoms with Gasteiger partial charge in [-0.15, -0.1) is 11.3 Å². The summed E-state index contributed by atoms with van der Waals surface area (Å²) in [5.74, 6) is 1.12. The van der Waals surface area contributed by atoms with E-state index in [9.17, 15) is 4.79 Å². The molecule has 0 unspecified atom stereocenters. The van der Waals surface area contributed by atoms with Gasteiger partial charge in [-0.05, 0) is 24.3 Å². The van der Waals surface area contributed by atoms with Gasteiger partial charge < -0.3 is 14.8 Å². The number of carbonyl (C=O) groups is 1. The van der Waals surface area contributed by atoms with Gasteiger partial charge in [0.25, 0.3) is 5.91 Å². The Balaban J connectivity index is 1.58. The number of nitrogens with zero attached hydrogens (tertiary/aromatic N) is 1. The van der Waals surface area contributed by atoms with E-state index < -0.39 is 0 Å². The molecule has 0 fully saturated rings. The lowest BCUT2D eigenvalue weighted by molar-refractivity contribution is 0.102. The zero-order valence-electron chi connectivity index (χ0n) is 11.5. The second-order valence-corrected chi connectivity index (χ2v) is 5.83. The molecular formula is C16H12N2O3S.